The van der Waals surface area contributed by atoms with E-state index in [1.54, 1.807) is 47.6 Å². The molecule has 7 nitrogen and oxygen atoms in total. The lowest BCUT2D eigenvalue weighted by molar-refractivity contribution is 0.0847. The van der Waals surface area contributed by atoms with Gasteiger partial charge in [-0.05, 0) is 18.2 Å². The van der Waals surface area contributed by atoms with Crippen LogP contribution in [0.5, 0.6) is 0 Å². The van der Waals surface area contributed by atoms with E-state index in [-0.39, 0.29) is 34.3 Å². The van der Waals surface area contributed by atoms with Crippen molar-refractivity contribution in [1.82, 2.24) is 24.8 Å². The molecule has 2 aromatic carbocycles. The first-order valence-electron chi connectivity index (χ1n) is 9.64. The molecule has 4 aromatic rings. The van der Waals surface area contributed by atoms with Gasteiger partial charge in [0.2, 0.25) is 0 Å². The lowest BCUT2D eigenvalue weighted by Crippen LogP contribution is -2.43. The number of halogens is 2. The summed E-state index contributed by atoms with van der Waals surface area (Å²) in [6.45, 7) is 0.203. The van der Waals surface area contributed by atoms with Crippen LogP contribution in [0.15, 0.2) is 79.6 Å². The van der Waals surface area contributed by atoms with Crippen LogP contribution in [0.25, 0.3) is 11.4 Å². The number of imidazole rings is 1. The average Bonchev–Trinajstić information content (AvgIpc) is 3.32. The van der Waals surface area contributed by atoms with Gasteiger partial charge in [-0.15, -0.1) is 0 Å². The number of hydrogen-bond acceptors (Lipinski definition) is 5. The van der Waals surface area contributed by atoms with Crippen LogP contribution in [-0.2, 0) is 6.54 Å². The van der Waals surface area contributed by atoms with E-state index in [1.807, 2.05) is 6.07 Å². The van der Waals surface area contributed by atoms with Crippen molar-refractivity contribution in [2.24, 2.45) is 0 Å². The number of carbonyl (C=O) groups is 2. The second-order valence-corrected chi connectivity index (χ2v) is 7.37. The molecule has 0 radical (unpaired) electrons. The first kappa shape index (κ1) is 21.3. The van der Waals surface area contributed by atoms with Crippen LogP contribution in [0.3, 0.4) is 0 Å². The van der Waals surface area contributed by atoms with Gasteiger partial charge in [0.05, 0.1) is 24.0 Å². The van der Waals surface area contributed by atoms with Gasteiger partial charge < -0.3 is 9.88 Å². The number of Topliss-reactive ketones (excluding diaryl/α,β-unsaturated/α-hetero) is 1. The van der Waals surface area contributed by atoms with E-state index in [1.165, 1.54) is 24.5 Å². The largest absolute Gasteiger partial charge is 0.340 e. The highest BCUT2D eigenvalue weighted by Crippen LogP contribution is 2.22. The molecule has 0 spiro atoms. The van der Waals surface area contributed by atoms with Crippen molar-refractivity contribution in [1.29, 1.82) is 0 Å². The molecule has 1 atom stereocenters. The maximum atomic E-state index is 14.1. The Kier molecular flexibility index (Phi) is 6.32. The lowest BCUT2D eigenvalue weighted by Gasteiger charge is -2.18. The van der Waals surface area contributed by atoms with E-state index in [0.717, 1.165) is 6.07 Å². The molecule has 0 saturated carbocycles. The number of nitrogens with one attached hydrogen (secondary N) is 1. The fraction of sp³-hybridized carbons (Fsp3) is 0.0870. The first-order chi connectivity index (χ1) is 15.5. The fourth-order valence-electron chi connectivity index (χ4n) is 3.10. The highest BCUT2D eigenvalue weighted by Gasteiger charge is 2.23. The third-order valence-electron chi connectivity index (χ3n) is 4.72. The monoisotopic (exact) mass is 449 g/mol. The molecule has 32 heavy (non-hydrogen) atoms. The first-order valence-corrected chi connectivity index (χ1v) is 10.0. The second kappa shape index (κ2) is 9.49. The standard InChI is InChI=1S/C23H17ClFN5O2/c24-17-6-7-18(19(25)10-17)22-27-11-16(12-28-22)23(32)29-20(13-30-9-8-26-14-30)21(31)15-4-2-1-3-5-15/h1-12,14,20H,13H2,(H,29,32). The van der Waals surface area contributed by atoms with Gasteiger partial charge in [0.1, 0.15) is 11.9 Å². The van der Waals surface area contributed by atoms with Gasteiger partial charge in [-0.2, -0.15) is 0 Å². The summed E-state index contributed by atoms with van der Waals surface area (Å²) in [7, 11) is 0. The molecule has 9 heteroatoms. The summed E-state index contributed by atoms with van der Waals surface area (Å²) < 4.78 is 15.8. The summed E-state index contributed by atoms with van der Waals surface area (Å²) >= 11 is 5.77. The van der Waals surface area contributed by atoms with Crippen molar-refractivity contribution in [3.8, 4) is 11.4 Å². The Hall–Kier alpha value is -3.91. The minimum Gasteiger partial charge on any atom is -0.340 e. The Balaban J connectivity index is 1.54. The quantitative estimate of drug-likeness (QED) is 0.433. The minimum atomic E-state index is -0.840. The molecule has 2 heterocycles. The number of carbonyl (C=O) groups excluding carboxylic acids is 2. The second-order valence-electron chi connectivity index (χ2n) is 6.94. The number of amides is 1. The number of nitrogens with zero attached hydrogens (tertiary/aromatic N) is 4. The van der Waals surface area contributed by atoms with Crippen molar-refractivity contribution in [2.75, 3.05) is 0 Å². The van der Waals surface area contributed by atoms with Crippen LogP contribution >= 0.6 is 11.6 Å². The molecule has 0 aliphatic heterocycles. The molecule has 0 aliphatic rings. The van der Waals surface area contributed by atoms with E-state index >= 15 is 0 Å². The van der Waals surface area contributed by atoms with Gasteiger partial charge in [-0.3, -0.25) is 9.59 Å². The Morgan fingerprint density at radius 1 is 1.06 bits per heavy atom. The third-order valence-corrected chi connectivity index (χ3v) is 4.95. The van der Waals surface area contributed by atoms with Crippen molar-refractivity contribution < 1.29 is 14.0 Å². The molecule has 0 fully saturated rings. The van der Waals surface area contributed by atoms with Crippen molar-refractivity contribution in [3.63, 3.8) is 0 Å². The third kappa shape index (κ3) is 4.87. The molecule has 2 aromatic heterocycles. The zero-order valence-corrected chi connectivity index (χ0v) is 17.4. The Morgan fingerprint density at radius 3 is 2.47 bits per heavy atom. The highest BCUT2D eigenvalue weighted by molar-refractivity contribution is 6.30. The van der Waals surface area contributed by atoms with E-state index in [2.05, 4.69) is 20.3 Å². The summed E-state index contributed by atoms with van der Waals surface area (Å²) in [5, 5.41) is 3.00. The number of hydrogen-bond donors (Lipinski definition) is 1. The topological polar surface area (TPSA) is 89.8 Å². The molecule has 1 unspecified atom stereocenters. The lowest BCUT2D eigenvalue weighted by atomic mass is 10.0. The molecule has 160 valence electrons. The SMILES string of the molecule is O=C(NC(Cn1ccnc1)C(=O)c1ccccc1)c1cnc(-c2ccc(Cl)cc2F)nc1. The van der Waals surface area contributed by atoms with Gasteiger partial charge in [-0.25, -0.2) is 19.3 Å². The van der Waals surface area contributed by atoms with Gasteiger partial charge in [-0.1, -0.05) is 41.9 Å². The van der Waals surface area contributed by atoms with Gasteiger partial charge in [0.15, 0.2) is 11.6 Å². The van der Waals surface area contributed by atoms with Gasteiger partial charge in [0, 0.05) is 35.4 Å². The number of aromatic nitrogens is 4. The molecule has 0 saturated heterocycles. The molecule has 0 aliphatic carbocycles. The number of ketones is 1. The highest BCUT2D eigenvalue weighted by atomic mass is 35.5. The Labute approximate surface area is 187 Å². The zero-order chi connectivity index (χ0) is 22.5. The van der Waals surface area contributed by atoms with Crippen LogP contribution in [-0.4, -0.2) is 37.3 Å². The summed E-state index contributed by atoms with van der Waals surface area (Å²) in [6, 6.07) is 12.0. The van der Waals surface area contributed by atoms with E-state index in [4.69, 9.17) is 11.6 Å². The molecular formula is C23H17ClFN5O2. The van der Waals surface area contributed by atoms with Gasteiger partial charge in [0.25, 0.3) is 5.91 Å². The number of rotatable bonds is 7. The van der Waals surface area contributed by atoms with Crippen molar-refractivity contribution >= 4 is 23.3 Å². The smallest absolute Gasteiger partial charge is 0.255 e. The maximum absolute atomic E-state index is 14.1. The molecule has 0 bridgehead atoms. The minimum absolute atomic E-state index is 0.117. The van der Waals surface area contributed by atoms with Crippen LogP contribution in [0.1, 0.15) is 20.7 Å². The maximum Gasteiger partial charge on any atom is 0.255 e. The Morgan fingerprint density at radius 2 is 1.81 bits per heavy atom. The summed E-state index contributed by atoms with van der Waals surface area (Å²) in [6.07, 6.45) is 7.43. The van der Waals surface area contributed by atoms with Crippen molar-refractivity contribution in [2.45, 2.75) is 12.6 Å². The normalized spacial score (nSPS) is 11.7. The predicted octanol–water partition coefficient (Wildman–Crippen LogP) is 3.81. The molecule has 1 amide bonds. The summed E-state index contributed by atoms with van der Waals surface area (Å²) in [5.41, 5.74) is 0.779. The summed E-state index contributed by atoms with van der Waals surface area (Å²) in [5.74, 6) is -1.22. The van der Waals surface area contributed by atoms with E-state index in [9.17, 15) is 14.0 Å². The summed E-state index contributed by atoms with van der Waals surface area (Å²) in [4.78, 5) is 38.0. The molecule has 4 rings (SSSR count). The van der Waals surface area contributed by atoms with E-state index in [0.29, 0.717) is 5.56 Å². The fourth-order valence-corrected chi connectivity index (χ4v) is 3.26. The average molecular weight is 450 g/mol. The molecule has 1 N–H and O–H groups in total. The zero-order valence-electron chi connectivity index (χ0n) is 16.7. The Bertz CT molecular complexity index is 1230. The van der Waals surface area contributed by atoms with Crippen LogP contribution in [0, 0.1) is 5.82 Å². The van der Waals surface area contributed by atoms with Crippen molar-refractivity contribution in [3.05, 3.63) is 102 Å². The molecular weight excluding hydrogens is 433 g/mol. The number of benzene rings is 2. The van der Waals surface area contributed by atoms with Crippen LogP contribution < -0.4 is 5.32 Å². The van der Waals surface area contributed by atoms with Gasteiger partial charge >= 0.3 is 0 Å². The predicted molar refractivity (Wildman–Crippen MR) is 117 cm³/mol. The van der Waals surface area contributed by atoms with Crippen LogP contribution in [0.2, 0.25) is 5.02 Å². The van der Waals surface area contributed by atoms with E-state index < -0.39 is 17.8 Å². The van der Waals surface area contributed by atoms with Crippen LogP contribution in [0.4, 0.5) is 4.39 Å².